The van der Waals surface area contributed by atoms with Gasteiger partial charge in [-0.2, -0.15) is 0 Å². The minimum atomic E-state index is -0.464. The van der Waals surface area contributed by atoms with Crippen molar-refractivity contribution >= 4 is 90.4 Å². The zero-order chi connectivity index (χ0) is 59.7. The highest BCUT2D eigenvalue weighted by Gasteiger charge is 2.19. The van der Waals surface area contributed by atoms with Gasteiger partial charge < -0.3 is 64.1 Å². The van der Waals surface area contributed by atoms with Gasteiger partial charge in [-0.25, -0.2) is 28.1 Å². The third-order valence-corrected chi connectivity index (χ3v) is 14.0. The Hall–Kier alpha value is -10.2. The Kier molecular flexibility index (Phi) is 17.7. The van der Waals surface area contributed by atoms with Crippen LogP contribution in [0.15, 0.2) is 164 Å². The maximum Gasteiger partial charge on any atom is 0.203 e. The smallest absolute Gasteiger partial charge is 0.203 e. The minimum absolute atomic E-state index is 0.0532. The molecule has 12 rings (SSSR count). The van der Waals surface area contributed by atoms with E-state index in [2.05, 4.69) is 45.9 Å². The number of benzene rings is 6. The Labute approximate surface area is 495 Å². The van der Waals surface area contributed by atoms with Crippen LogP contribution < -0.4 is 49.1 Å². The summed E-state index contributed by atoms with van der Waals surface area (Å²) in [6.45, 7) is 0. The van der Waals surface area contributed by atoms with Crippen LogP contribution in [-0.2, 0) is 0 Å². The fourth-order valence-corrected chi connectivity index (χ4v) is 9.68. The maximum atomic E-state index is 13.5. The number of H-pyrrole nitrogens is 3. The molecule has 21 heteroatoms. The predicted octanol–water partition coefficient (Wildman–Crippen LogP) is 16.7. The number of rotatable bonds is 16. The van der Waals surface area contributed by atoms with E-state index in [9.17, 15) is 13.2 Å². The zero-order valence-electron chi connectivity index (χ0n) is 46.7. The SMILES string of the molecule is COc1cc(-c2cc3c(Nc4ccc(F)c(Cl)c4)ccnc3[nH]2)cc(OC)c1OC.COc1cc(-c2cc3c(Nc4cccc(F)c4)ccnc3[nH]2)cc(OC)c1OC.COc1cccc(-c2cc3c(Nc4ccc(F)c(Cl)c4)ccnc3[nH]2)c1. The van der Waals surface area contributed by atoms with Crippen LogP contribution >= 0.6 is 23.2 Å². The number of anilines is 6. The molecule has 85 heavy (non-hydrogen) atoms. The van der Waals surface area contributed by atoms with Crippen LogP contribution in [0.1, 0.15) is 0 Å². The van der Waals surface area contributed by atoms with Crippen molar-refractivity contribution in [3.8, 4) is 74.0 Å². The molecular formula is C64H54Cl2F3N9O7. The van der Waals surface area contributed by atoms with Crippen molar-refractivity contribution in [3.05, 3.63) is 192 Å². The lowest BCUT2D eigenvalue weighted by Gasteiger charge is -2.13. The number of methoxy groups -OCH3 is 7. The molecule has 0 amide bonds. The van der Waals surface area contributed by atoms with E-state index in [1.54, 1.807) is 92.6 Å². The predicted molar refractivity (Wildman–Crippen MR) is 330 cm³/mol. The normalized spacial score (nSPS) is 10.8. The summed E-state index contributed by atoms with van der Waals surface area (Å²) in [5.74, 6) is 2.86. The fourth-order valence-electron chi connectivity index (χ4n) is 9.32. The molecule has 0 unspecified atom stereocenters. The zero-order valence-corrected chi connectivity index (χ0v) is 48.2. The van der Waals surface area contributed by atoms with Crippen molar-refractivity contribution < 1.29 is 46.3 Å². The van der Waals surface area contributed by atoms with Gasteiger partial charge in [-0.15, -0.1) is 0 Å². The number of aromatic nitrogens is 6. The second-order valence-corrected chi connectivity index (χ2v) is 19.4. The van der Waals surface area contributed by atoms with Gasteiger partial charge in [-0.3, -0.25) is 0 Å². The minimum Gasteiger partial charge on any atom is -0.497 e. The molecule has 0 aliphatic rings. The van der Waals surface area contributed by atoms with E-state index in [0.717, 1.165) is 78.4 Å². The number of aromatic amines is 3. The Balaban J connectivity index is 0.000000142. The van der Waals surface area contributed by atoms with Gasteiger partial charge in [0.15, 0.2) is 23.0 Å². The van der Waals surface area contributed by atoms with E-state index in [-0.39, 0.29) is 15.9 Å². The van der Waals surface area contributed by atoms with Crippen LogP contribution in [0.25, 0.3) is 66.9 Å². The highest BCUT2D eigenvalue weighted by Crippen LogP contribution is 2.44. The van der Waals surface area contributed by atoms with E-state index >= 15 is 0 Å². The summed E-state index contributed by atoms with van der Waals surface area (Å²) in [6, 6.07) is 42.1. The first-order valence-corrected chi connectivity index (χ1v) is 26.7. The monoisotopic (exact) mass is 1190 g/mol. The number of pyridine rings is 3. The lowest BCUT2D eigenvalue weighted by Crippen LogP contribution is -1.95. The van der Waals surface area contributed by atoms with Crippen molar-refractivity contribution in [1.29, 1.82) is 0 Å². The highest BCUT2D eigenvalue weighted by atomic mass is 35.5. The van der Waals surface area contributed by atoms with E-state index in [1.165, 1.54) is 30.3 Å². The lowest BCUT2D eigenvalue weighted by molar-refractivity contribution is 0.324. The van der Waals surface area contributed by atoms with Crippen molar-refractivity contribution in [3.63, 3.8) is 0 Å². The first kappa shape index (κ1) is 58.0. The van der Waals surface area contributed by atoms with Crippen molar-refractivity contribution in [2.75, 3.05) is 65.7 Å². The number of hydrogen-bond acceptors (Lipinski definition) is 13. The maximum absolute atomic E-state index is 13.5. The van der Waals surface area contributed by atoms with Crippen LogP contribution in [0, 0.1) is 17.5 Å². The van der Waals surface area contributed by atoms with Crippen molar-refractivity contribution in [1.82, 2.24) is 29.9 Å². The summed E-state index contributed by atoms with van der Waals surface area (Å²) in [5.41, 5.74) is 11.9. The summed E-state index contributed by atoms with van der Waals surface area (Å²) >= 11 is 11.8. The lowest BCUT2D eigenvalue weighted by atomic mass is 10.1. The molecule has 0 atom stereocenters. The molecule has 0 aliphatic heterocycles. The molecule has 0 saturated carbocycles. The topological polar surface area (TPSA) is 187 Å². The van der Waals surface area contributed by atoms with E-state index < -0.39 is 11.6 Å². The van der Waals surface area contributed by atoms with Crippen molar-refractivity contribution in [2.24, 2.45) is 0 Å². The third kappa shape index (κ3) is 12.9. The summed E-state index contributed by atoms with van der Waals surface area (Å²) < 4.78 is 78.2. The Morgan fingerprint density at radius 1 is 0.376 bits per heavy atom. The summed E-state index contributed by atoms with van der Waals surface area (Å²) in [4.78, 5) is 23.2. The Morgan fingerprint density at radius 2 is 0.765 bits per heavy atom. The van der Waals surface area contributed by atoms with Gasteiger partial charge in [0, 0.05) is 85.6 Å². The molecule has 0 bridgehead atoms. The molecule has 0 fully saturated rings. The summed E-state index contributed by atoms with van der Waals surface area (Å²) in [5, 5.41) is 12.6. The second-order valence-electron chi connectivity index (χ2n) is 18.6. The van der Waals surface area contributed by atoms with Gasteiger partial charge in [0.2, 0.25) is 11.5 Å². The van der Waals surface area contributed by atoms with Gasteiger partial charge >= 0.3 is 0 Å². The average molecular weight is 1190 g/mol. The molecule has 6 N–H and O–H groups in total. The average Bonchev–Trinajstić information content (AvgIpc) is 2.61. The molecule has 432 valence electrons. The molecule has 0 aliphatic carbocycles. The summed E-state index contributed by atoms with van der Waals surface area (Å²) in [6.07, 6.45) is 5.09. The van der Waals surface area contributed by atoms with E-state index in [1.807, 2.05) is 91.0 Å². The molecule has 0 radical (unpaired) electrons. The quantitative estimate of drug-likeness (QED) is 0.0537. The van der Waals surface area contributed by atoms with Gasteiger partial charge in [0.25, 0.3) is 0 Å². The molecule has 12 aromatic rings. The molecule has 6 aromatic carbocycles. The van der Waals surface area contributed by atoms with Gasteiger partial charge in [-0.1, -0.05) is 41.4 Å². The van der Waals surface area contributed by atoms with Crippen LogP contribution in [0.5, 0.6) is 40.2 Å². The standard InChI is InChI=1S/C22H19ClFN3O3.C22H20FN3O3.C20H15ClFN3O/c1-28-19-8-12(9-20(29-2)21(19)30-3)18-11-14-17(6-7-25-22(14)27-18)26-13-4-5-16(24)15(23)10-13;1-27-19-9-13(10-20(28-2)21(19)29-3)18-12-16-17(7-8-24-22(16)26-18)25-15-6-4-5-14(23)11-15;1-26-14-4-2-3-12(9-14)19-11-15-18(7-8-23-20(15)25-19)24-13-5-6-17(22)16(21)10-13/h4-11H,1-3H3,(H2,25,26,27);4-12H,1-3H3,(H2,24,25,26);2-11H,1H3,(H2,23,24,25). The molecule has 0 spiro atoms. The number of fused-ring (bicyclic) bond motifs is 3. The number of ether oxygens (including phenoxy) is 7. The second kappa shape index (κ2) is 25.9. The highest BCUT2D eigenvalue weighted by molar-refractivity contribution is 6.31. The van der Waals surface area contributed by atoms with Crippen LogP contribution in [0.2, 0.25) is 10.0 Å². The molecular weight excluding hydrogens is 1130 g/mol. The molecule has 6 aromatic heterocycles. The largest absolute Gasteiger partial charge is 0.497 e. The Morgan fingerprint density at radius 3 is 1.13 bits per heavy atom. The molecule has 0 saturated heterocycles. The molecule has 16 nitrogen and oxygen atoms in total. The van der Waals surface area contributed by atoms with Crippen LogP contribution in [-0.4, -0.2) is 79.7 Å². The van der Waals surface area contributed by atoms with Crippen molar-refractivity contribution in [2.45, 2.75) is 0 Å². The first-order chi connectivity index (χ1) is 41.3. The van der Waals surface area contributed by atoms with Crippen LogP contribution in [0.3, 0.4) is 0 Å². The number of nitrogens with one attached hydrogen (secondary N) is 6. The van der Waals surface area contributed by atoms with Crippen LogP contribution in [0.4, 0.5) is 47.3 Å². The number of nitrogens with zero attached hydrogens (tertiary/aromatic N) is 3. The van der Waals surface area contributed by atoms with E-state index in [4.69, 9.17) is 56.4 Å². The Bertz CT molecular complexity index is 4320. The van der Waals surface area contributed by atoms with Gasteiger partial charge in [-0.05, 0) is 127 Å². The number of halogens is 5. The molecule has 6 heterocycles. The summed E-state index contributed by atoms with van der Waals surface area (Å²) in [7, 11) is 11.1. The fraction of sp³-hybridized carbons (Fsp3) is 0.109. The first-order valence-electron chi connectivity index (χ1n) is 26.0. The number of hydrogen-bond donors (Lipinski definition) is 6. The third-order valence-electron chi connectivity index (χ3n) is 13.4. The van der Waals surface area contributed by atoms with Gasteiger partial charge in [0.05, 0.1) is 76.9 Å². The van der Waals surface area contributed by atoms with E-state index in [0.29, 0.717) is 62.9 Å². The van der Waals surface area contributed by atoms with Gasteiger partial charge in [0.1, 0.15) is 40.1 Å².